The van der Waals surface area contributed by atoms with Gasteiger partial charge in [-0.15, -0.1) is 11.6 Å². The zero-order valence-corrected chi connectivity index (χ0v) is 11.6. The molecule has 2 aromatic rings. The Bertz CT molecular complexity index is 505. The molecule has 0 fully saturated rings. The first-order valence-electron chi connectivity index (χ1n) is 6.36. The quantitative estimate of drug-likeness (QED) is 0.833. The van der Waals surface area contributed by atoms with Gasteiger partial charge in [0.25, 0.3) is 0 Å². The molecule has 0 saturated heterocycles. The van der Waals surface area contributed by atoms with Crippen molar-refractivity contribution in [2.75, 3.05) is 6.54 Å². The Balaban J connectivity index is 2.04. The molecule has 0 aliphatic rings. The topological polar surface area (TPSA) is 24.9 Å². The number of nitrogens with one attached hydrogen (secondary N) is 1. The molecular weight excluding hydrogens is 244 g/mol. The van der Waals surface area contributed by atoms with Gasteiger partial charge in [-0.3, -0.25) is 4.98 Å². The highest BCUT2D eigenvalue weighted by molar-refractivity contribution is 6.20. The predicted octanol–water partition coefficient (Wildman–Crippen LogP) is 3.59. The lowest BCUT2D eigenvalue weighted by Gasteiger charge is -2.14. The van der Waals surface area contributed by atoms with Crippen molar-refractivity contribution in [3.05, 3.63) is 42.1 Å². The summed E-state index contributed by atoms with van der Waals surface area (Å²) in [6.45, 7) is 5.94. The van der Waals surface area contributed by atoms with Crippen molar-refractivity contribution < 1.29 is 0 Å². The number of hydrogen-bond donors (Lipinski definition) is 1. The second-order valence-corrected chi connectivity index (χ2v) is 5.44. The van der Waals surface area contributed by atoms with Gasteiger partial charge in [-0.1, -0.05) is 32.0 Å². The molecule has 0 saturated carbocycles. The first-order chi connectivity index (χ1) is 8.68. The van der Waals surface area contributed by atoms with E-state index in [9.17, 15) is 0 Å². The zero-order chi connectivity index (χ0) is 13.0. The number of rotatable bonds is 5. The Morgan fingerprint density at radius 1 is 1.22 bits per heavy atom. The van der Waals surface area contributed by atoms with Crippen LogP contribution in [0.5, 0.6) is 0 Å². The predicted molar refractivity (Wildman–Crippen MR) is 77.9 cm³/mol. The van der Waals surface area contributed by atoms with Crippen LogP contribution in [0.15, 0.2) is 36.5 Å². The van der Waals surface area contributed by atoms with Crippen LogP contribution in [0, 0.1) is 5.92 Å². The molecule has 1 aromatic heterocycles. The number of alkyl halides is 1. The molecule has 96 valence electrons. The van der Waals surface area contributed by atoms with Crippen LogP contribution in [0.3, 0.4) is 0 Å². The Hall–Kier alpha value is -1.12. The average molecular weight is 263 g/mol. The molecule has 0 radical (unpaired) electrons. The maximum Gasteiger partial charge on any atom is 0.0705 e. The maximum atomic E-state index is 6.23. The van der Waals surface area contributed by atoms with E-state index >= 15 is 0 Å². The van der Waals surface area contributed by atoms with E-state index in [1.54, 1.807) is 0 Å². The lowest BCUT2D eigenvalue weighted by atomic mass is 10.1. The number of benzene rings is 1. The molecule has 0 amide bonds. The van der Waals surface area contributed by atoms with Crippen LogP contribution in [0.1, 0.15) is 19.4 Å². The minimum atomic E-state index is 0.179. The van der Waals surface area contributed by atoms with Crippen molar-refractivity contribution in [2.24, 2.45) is 5.92 Å². The molecule has 1 atom stereocenters. The molecule has 3 heteroatoms. The maximum absolute atomic E-state index is 6.23. The third-order valence-electron chi connectivity index (χ3n) is 3.12. The number of nitrogens with zero attached hydrogens (tertiary/aromatic N) is 1. The smallest absolute Gasteiger partial charge is 0.0705 e. The summed E-state index contributed by atoms with van der Waals surface area (Å²) in [4.78, 5) is 4.36. The standard InChI is InChI=1S/C15H19ClN2/c1-11(2)14(16)10-17-9-12-7-8-18-15-6-4-3-5-13(12)15/h3-8,11,14,17H,9-10H2,1-2H3. The number of para-hydroxylation sites is 1. The average Bonchev–Trinajstić information content (AvgIpc) is 2.38. The van der Waals surface area contributed by atoms with E-state index in [-0.39, 0.29) is 5.38 Å². The number of aromatic nitrogens is 1. The summed E-state index contributed by atoms with van der Waals surface area (Å²) in [7, 11) is 0. The first kappa shape index (κ1) is 13.3. The fourth-order valence-corrected chi connectivity index (χ4v) is 2.00. The molecule has 1 unspecified atom stereocenters. The van der Waals surface area contributed by atoms with E-state index in [2.05, 4.69) is 36.3 Å². The van der Waals surface area contributed by atoms with E-state index < -0.39 is 0 Å². The lowest BCUT2D eigenvalue weighted by Crippen LogP contribution is -2.26. The van der Waals surface area contributed by atoms with Gasteiger partial charge in [-0.2, -0.15) is 0 Å². The van der Waals surface area contributed by atoms with Crippen LogP contribution < -0.4 is 5.32 Å². The van der Waals surface area contributed by atoms with Crippen molar-refractivity contribution in [1.29, 1.82) is 0 Å². The summed E-state index contributed by atoms with van der Waals surface area (Å²) in [5.74, 6) is 0.494. The molecule has 2 rings (SSSR count). The highest BCUT2D eigenvalue weighted by atomic mass is 35.5. The zero-order valence-electron chi connectivity index (χ0n) is 10.9. The summed E-state index contributed by atoms with van der Waals surface area (Å²) in [5, 5.41) is 4.81. The van der Waals surface area contributed by atoms with Crippen LogP contribution in [0.2, 0.25) is 0 Å². The highest BCUT2D eigenvalue weighted by Gasteiger charge is 2.09. The van der Waals surface area contributed by atoms with Crippen molar-refractivity contribution in [3.8, 4) is 0 Å². The first-order valence-corrected chi connectivity index (χ1v) is 6.79. The second kappa shape index (κ2) is 6.17. The number of pyridine rings is 1. The summed E-state index contributed by atoms with van der Waals surface area (Å²) < 4.78 is 0. The Kier molecular flexibility index (Phi) is 4.56. The third-order valence-corrected chi connectivity index (χ3v) is 3.78. The monoisotopic (exact) mass is 262 g/mol. The van der Waals surface area contributed by atoms with Gasteiger partial charge in [0.1, 0.15) is 0 Å². The van der Waals surface area contributed by atoms with Crippen LogP contribution in [0.25, 0.3) is 10.9 Å². The van der Waals surface area contributed by atoms with Gasteiger partial charge >= 0.3 is 0 Å². The highest BCUT2D eigenvalue weighted by Crippen LogP contribution is 2.16. The summed E-state index contributed by atoms with van der Waals surface area (Å²) >= 11 is 6.23. The summed E-state index contributed by atoms with van der Waals surface area (Å²) in [6, 6.07) is 10.3. The van der Waals surface area contributed by atoms with E-state index in [4.69, 9.17) is 11.6 Å². The van der Waals surface area contributed by atoms with Gasteiger partial charge in [0.2, 0.25) is 0 Å². The molecular formula is C15H19ClN2. The molecule has 0 bridgehead atoms. The van der Waals surface area contributed by atoms with E-state index in [1.165, 1.54) is 10.9 Å². The lowest BCUT2D eigenvalue weighted by molar-refractivity contribution is 0.546. The SMILES string of the molecule is CC(C)C(Cl)CNCc1ccnc2ccccc12. The number of hydrogen-bond acceptors (Lipinski definition) is 2. The Morgan fingerprint density at radius 3 is 2.78 bits per heavy atom. The minimum Gasteiger partial charge on any atom is -0.311 e. The summed E-state index contributed by atoms with van der Waals surface area (Å²) in [6.07, 6.45) is 1.86. The van der Waals surface area contributed by atoms with Gasteiger partial charge in [-0.25, -0.2) is 0 Å². The second-order valence-electron chi connectivity index (χ2n) is 4.88. The van der Waals surface area contributed by atoms with Crippen LogP contribution in [-0.2, 0) is 6.54 Å². The van der Waals surface area contributed by atoms with E-state index in [1.807, 2.05) is 24.4 Å². The molecule has 0 aliphatic carbocycles. The fourth-order valence-electron chi connectivity index (χ4n) is 1.89. The van der Waals surface area contributed by atoms with Gasteiger partial charge in [-0.05, 0) is 23.6 Å². The number of fused-ring (bicyclic) bond motifs is 1. The van der Waals surface area contributed by atoms with Gasteiger partial charge < -0.3 is 5.32 Å². The van der Waals surface area contributed by atoms with Crippen molar-refractivity contribution >= 4 is 22.5 Å². The molecule has 18 heavy (non-hydrogen) atoms. The van der Waals surface area contributed by atoms with Gasteiger partial charge in [0, 0.05) is 30.0 Å². The van der Waals surface area contributed by atoms with E-state index in [0.29, 0.717) is 5.92 Å². The van der Waals surface area contributed by atoms with Crippen molar-refractivity contribution in [1.82, 2.24) is 10.3 Å². The van der Waals surface area contributed by atoms with Crippen LogP contribution in [-0.4, -0.2) is 16.9 Å². The molecule has 1 heterocycles. The van der Waals surface area contributed by atoms with E-state index in [0.717, 1.165) is 18.6 Å². The molecule has 0 spiro atoms. The molecule has 0 aliphatic heterocycles. The minimum absolute atomic E-state index is 0.179. The largest absolute Gasteiger partial charge is 0.311 e. The van der Waals surface area contributed by atoms with Crippen molar-refractivity contribution in [3.63, 3.8) is 0 Å². The van der Waals surface area contributed by atoms with Crippen molar-refractivity contribution in [2.45, 2.75) is 25.8 Å². The molecule has 1 N–H and O–H groups in total. The molecule has 1 aromatic carbocycles. The Morgan fingerprint density at radius 2 is 2.00 bits per heavy atom. The fraction of sp³-hybridized carbons (Fsp3) is 0.400. The van der Waals surface area contributed by atoms with Crippen LogP contribution >= 0.6 is 11.6 Å². The van der Waals surface area contributed by atoms with Gasteiger partial charge in [0.05, 0.1) is 5.52 Å². The van der Waals surface area contributed by atoms with Gasteiger partial charge in [0.15, 0.2) is 0 Å². The normalized spacial score (nSPS) is 13.1. The number of halogens is 1. The third kappa shape index (κ3) is 3.21. The molecule has 2 nitrogen and oxygen atoms in total. The summed E-state index contributed by atoms with van der Waals surface area (Å²) in [5.41, 5.74) is 2.32. The van der Waals surface area contributed by atoms with Crippen LogP contribution in [0.4, 0.5) is 0 Å². The Labute approximate surface area is 113 Å².